The second-order valence-electron chi connectivity index (χ2n) is 13.0. The van der Waals surface area contributed by atoms with Crippen LogP contribution in [0.25, 0.3) is 10.8 Å². The third-order valence-corrected chi connectivity index (χ3v) is 9.95. The van der Waals surface area contributed by atoms with E-state index in [4.69, 9.17) is 4.74 Å². The molecule has 0 aromatic heterocycles. The molecule has 2 heterocycles. The van der Waals surface area contributed by atoms with Crippen LogP contribution in [0.4, 0.5) is 5.69 Å². The van der Waals surface area contributed by atoms with Gasteiger partial charge in [-0.05, 0) is 41.3 Å². The highest BCUT2D eigenvalue weighted by Crippen LogP contribution is 2.30. The number of hydrogen-bond acceptors (Lipinski definition) is 6. The van der Waals surface area contributed by atoms with Crippen molar-refractivity contribution in [3.8, 4) is 5.75 Å². The first kappa shape index (κ1) is 31.9. The van der Waals surface area contributed by atoms with E-state index >= 15 is 0 Å². The molecule has 3 atom stereocenters. The smallest absolute Gasteiger partial charge is 0.245 e. The van der Waals surface area contributed by atoms with Gasteiger partial charge < -0.3 is 29.9 Å². The monoisotopic (exact) mass is 626 g/mol. The number of hydrogen-bond donors (Lipinski definition) is 2. The van der Waals surface area contributed by atoms with Crippen LogP contribution in [-0.2, 0) is 20.8 Å². The van der Waals surface area contributed by atoms with Crippen LogP contribution < -0.4 is 15.0 Å². The van der Waals surface area contributed by atoms with Gasteiger partial charge in [0.2, 0.25) is 17.7 Å². The van der Waals surface area contributed by atoms with Crippen molar-refractivity contribution in [1.29, 1.82) is 0 Å². The Morgan fingerprint density at radius 1 is 0.891 bits per heavy atom. The van der Waals surface area contributed by atoms with Gasteiger partial charge >= 0.3 is 0 Å². The van der Waals surface area contributed by atoms with Crippen molar-refractivity contribution in [2.75, 3.05) is 44.7 Å². The second kappa shape index (κ2) is 14.5. The van der Waals surface area contributed by atoms with Gasteiger partial charge in [-0.3, -0.25) is 14.4 Å². The fraction of sp³-hybridized carbons (Fsp3) is 0.486. The fourth-order valence-electron chi connectivity index (χ4n) is 7.42. The molecule has 6 rings (SSSR count). The lowest BCUT2D eigenvalue weighted by atomic mass is 9.98. The van der Waals surface area contributed by atoms with Crippen molar-refractivity contribution in [3.63, 3.8) is 0 Å². The van der Waals surface area contributed by atoms with Crippen LogP contribution in [0.15, 0.2) is 66.7 Å². The maximum atomic E-state index is 14.2. The molecule has 244 valence electrons. The number of amides is 3. The zero-order valence-corrected chi connectivity index (χ0v) is 26.8. The summed E-state index contributed by atoms with van der Waals surface area (Å²) in [6.45, 7) is 2.45. The Labute approximate surface area is 271 Å². The number of anilines is 1. The van der Waals surface area contributed by atoms with E-state index in [2.05, 4.69) is 22.3 Å². The summed E-state index contributed by atoms with van der Waals surface area (Å²) in [5.41, 5.74) is 1.94. The average Bonchev–Trinajstić information content (AvgIpc) is 3.28. The van der Waals surface area contributed by atoms with Gasteiger partial charge in [-0.1, -0.05) is 80.3 Å². The van der Waals surface area contributed by atoms with Crippen LogP contribution in [0.3, 0.4) is 0 Å². The van der Waals surface area contributed by atoms with Crippen LogP contribution in [0, 0.1) is 5.92 Å². The lowest BCUT2D eigenvalue weighted by Gasteiger charge is -2.38. The highest BCUT2D eigenvalue weighted by molar-refractivity contribution is 5.93. The Balaban J connectivity index is 1.20. The number of ether oxygens (including phenoxy) is 1. The van der Waals surface area contributed by atoms with Gasteiger partial charge in [-0.25, -0.2) is 0 Å². The summed E-state index contributed by atoms with van der Waals surface area (Å²) in [7, 11) is 1.66. The van der Waals surface area contributed by atoms with E-state index in [0.717, 1.165) is 66.3 Å². The molecule has 3 aromatic carbocycles. The maximum Gasteiger partial charge on any atom is 0.245 e. The number of rotatable bonds is 8. The summed E-state index contributed by atoms with van der Waals surface area (Å²) < 4.78 is 5.56. The summed E-state index contributed by atoms with van der Waals surface area (Å²) in [6, 6.07) is 20.5. The molecular formula is C37H46N4O5. The van der Waals surface area contributed by atoms with Crippen LogP contribution in [0.5, 0.6) is 5.75 Å². The summed E-state index contributed by atoms with van der Waals surface area (Å²) in [4.78, 5) is 47.4. The maximum absolute atomic E-state index is 14.2. The Morgan fingerprint density at radius 3 is 2.33 bits per heavy atom. The van der Waals surface area contributed by atoms with Crippen molar-refractivity contribution >= 4 is 34.2 Å². The normalized spacial score (nSPS) is 21.6. The molecule has 2 unspecified atom stereocenters. The van der Waals surface area contributed by atoms with Gasteiger partial charge in [0, 0.05) is 51.5 Å². The first-order valence-electron chi connectivity index (χ1n) is 16.8. The van der Waals surface area contributed by atoms with Crippen LogP contribution in [0.1, 0.15) is 50.5 Å². The average molecular weight is 627 g/mol. The zero-order chi connectivity index (χ0) is 32.0. The predicted octanol–water partition coefficient (Wildman–Crippen LogP) is 4.16. The molecule has 0 bridgehead atoms. The van der Waals surface area contributed by atoms with Crippen molar-refractivity contribution < 1.29 is 24.2 Å². The molecule has 3 aliphatic rings. The molecule has 9 heteroatoms. The van der Waals surface area contributed by atoms with Crippen molar-refractivity contribution in [2.24, 2.45) is 5.92 Å². The summed E-state index contributed by atoms with van der Waals surface area (Å²) in [6.07, 6.45) is 5.67. The summed E-state index contributed by atoms with van der Waals surface area (Å²) >= 11 is 0. The number of likely N-dealkylation sites (tertiary alicyclic amines) is 1. The van der Waals surface area contributed by atoms with Crippen LogP contribution in [0.2, 0.25) is 0 Å². The van der Waals surface area contributed by atoms with E-state index < -0.39 is 18.2 Å². The SMILES string of the molecule is COc1ccccc1N1CCN(C(=O)C(Cc2ccc3ccccc3c2)NC(=O)C2C[C@@H](O)CN2C(=O)C2CCCCCC2)CC1. The van der Waals surface area contributed by atoms with E-state index in [1.807, 2.05) is 59.5 Å². The molecule has 46 heavy (non-hydrogen) atoms. The standard InChI is InChI=1S/C37H46N4O5/c1-46-34-15-9-8-14-32(34)39-18-20-40(21-19-39)37(45)31(23-26-16-17-27-10-6-7-13-29(27)22-26)38-35(43)33-24-30(42)25-41(33)36(44)28-11-4-2-3-5-12-28/h6-10,13-17,22,28,30-31,33,42H,2-5,11-12,18-21,23-25H2,1H3,(H,38,43)/t30-,31?,33?/m1/s1. The number of piperazine rings is 1. The summed E-state index contributed by atoms with van der Waals surface area (Å²) in [5.74, 6) is 0.137. The molecule has 2 aliphatic heterocycles. The number of β-amino-alcohol motifs (C(OH)–C–C–N with tert-alkyl or cyclic N) is 1. The molecule has 2 N–H and O–H groups in total. The highest BCUT2D eigenvalue weighted by Gasteiger charge is 2.42. The van der Waals surface area contributed by atoms with E-state index in [1.165, 1.54) is 0 Å². The minimum atomic E-state index is -0.806. The largest absolute Gasteiger partial charge is 0.495 e. The highest BCUT2D eigenvalue weighted by atomic mass is 16.5. The predicted molar refractivity (Wildman–Crippen MR) is 179 cm³/mol. The third-order valence-electron chi connectivity index (χ3n) is 9.95. The van der Waals surface area contributed by atoms with E-state index in [0.29, 0.717) is 32.6 Å². The number of methoxy groups -OCH3 is 1. The van der Waals surface area contributed by atoms with Crippen molar-refractivity contribution in [3.05, 3.63) is 72.3 Å². The Hall–Kier alpha value is -4.11. The van der Waals surface area contributed by atoms with Gasteiger partial charge in [0.25, 0.3) is 0 Å². The minimum absolute atomic E-state index is 0.0385. The molecule has 1 saturated carbocycles. The van der Waals surface area contributed by atoms with Gasteiger partial charge in [-0.2, -0.15) is 0 Å². The number of benzene rings is 3. The van der Waals surface area contributed by atoms with E-state index in [9.17, 15) is 19.5 Å². The lowest BCUT2D eigenvalue weighted by molar-refractivity contribution is -0.143. The van der Waals surface area contributed by atoms with E-state index in [1.54, 1.807) is 12.0 Å². The van der Waals surface area contributed by atoms with Gasteiger partial charge in [0.1, 0.15) is 17.8 Å². The Morgan fingerprint density at radius 2 is 1.59 bits per heavy atom. The number of para-hydroxylation sites is 2. The minimum Gasteiger partial charge on any atom is -0.495 e. The molecule has 0 spiro atoms. The molecule has 0 radical (unpaired) electrons. The molecule has 9 nitrogen and oxygen atoms in total. The third kappa shape index (κ3) is 7.15. The molecular weight excluding hydrogens is 580 g/mol. The van der Waals surface area contributed by atoms with Gasteiger partial charge in [0.05, 0.1) is 18.9 Å². The Bertz CT molecular complexity index is 1530. The number of aliphatic hydroxyl groups excluding tert-OH is 1. The molecule has 1 aliphatic carbocycles. The summed E-state index contributed by atoms with van der Waals surface area (Å²) in [5, 5.41) is 15.8. The number of nitrogens with one attached hydrogen (secondary N) is 1. The molecule has 2 saturated heterocycles. The van der Waals surface area contributed by atoms with Crippen LogP contribution in [-0.4, -0.2) is 90.6 Å². The molecule has 3 fully saturated rings. The molecule has 3 amide bonds. The van der Waals surface area contributed by atoms with Gasteiger partial charge in [-0.15, -0.1) is 0 Å². The molecule has 3 aromatic rings. The van der Waals surface area contributed by atoms with Crippen molar-refractivity contribution in [2.45, 2.75) is 69.6 Å². The lowest BCUT2D eigenvalue weighted by Crippen LogP contribution is -2.58. The number of carbonyl (C=O) groups excluding carboxylic acids is 3. The zero-order valence-electron chi connectivity index (χ0n) is 26.8. The van der Waals surface area contributed by atoms with E-state index in [-0.39, 0.29) is 36.6 Å². The Kier molecular flexibility index (Phi) is 10.1. The number of carbonyl (C=O) groups is 3. The quantitative estimate of drug-likeness (QED) is 0.365. The van der Waals surface area contributed by atoms with Gasteiger partial charge in [0.15, 0.2) is 0 Å². The number of nitrogens with zero attached hydrogens (tertiary/aromatic N) is 3. The fourth-order valence-corrected chi connectivity index (χ4v) is 7.42. The van der Waals surface area contributed by atoms with Crippen molar-refractivity contribution in [1.82, 2.24) is 15.1 Å². The second-order valence-corrected chi connectivity index (χ2v) is 13.0. The number of fused-ring (bicyclic) bond motifs is 1. The first-order valence-corrected chi connectivity index (χ1v) is 16.8. The van der Waals surface area contributed by atoms with Crippen LogP contribution >= 0.6 is 0 Å². The first-order chi connectivity index (χ1) is 22.4. The topological polar surface area (TPSA) is 102 Å². The number of aliphatic hydroxyl groups is 1.